The van der Waals surface area contributed by atoms with Crippen LogP contribution in [-0.4, -0.2) is 16.6 Å². The van der Waals surface area contributed by atoms with Gasteiger partial charge in [-0.3, -0.25) is 9.59 Å². The molecule has 15 heavy (non-hydrogen) atoms. The number of benzene rings is 1. The highest BCUT2D eigenvalue weighted by atomic mass is 79.9. The molecule has 0 amide bonds. The van der Waals surface area contributed by atoms with Crippen molar-refractivity contribution in [2.75, 3.05) is 0 Å². The normalized spacial score (nSPS) is 11.9. The van der Waals surface area contributed by atoms with E-state index in [2.05, 4.69) is 15.9 Å². The van der Waals surface area contributed by atoms with Crippen LogP contribution in [0.3, 0.4) is 0 Å². The Bertz CT molecular complexity index is 348. The van der Waals surface area contributed by atoms with Crippen LogP contribution in [0.4, 0.5) is 0 Å². The summed E-state index contributed by atoms with van der Waals surface area (Å²) in [5, 5.41) is 0. The predicted octanol–water partition coefficient (Wildman–Crippen LogP) is 2.08. The minimum atomic E-state index is -0.860. The summed E-state index contributed by atoms with van der Waals surface area (Å²) in [5.74, 6) is -0.806. The van der Waals surface area contributed by atoms with Crippen LogP contribution in [0.1, 0.15) is 12.5 Å². The molecule has 0 unspecified atom stereocenters. The standard InChI is InChI=1S/C11H11BrO3/c1-8(13)10(12)11(14)15-7-9-5-3-2-4-6-9/h2-6,10H,7H2,1H3/t10-/m0/s1. The first-order valence-electron chi connectivity index (χ1n) is 4.46. The summed E-state index contributed by atoms with van der Waals surface area (Å²) in [6.07, 6.45) is 0. The van der Waals surface area contributed by atoms with Gasteiger partial charge < -0.3 is 4.74 Å². The Hall–Kier alpha value is -1.16. The number of Topliss-reactive ketones (excluding diaryl/α,β-unsaturated/α-hetero) is 1. The minimum absolute atomic E-state index is 0.190. The Labute approximate surface area is 96.6 Å². The summed E-state index contributed by atoms with van der Waals surface area (Å²) in [4.78, 5) is 21.3. The molecule has 0 N–H and O–H groups in total. The molecule has 1 atom stereocenters. The van der Waals surface area contributed by atoms with Gasteiger partial charge in [0.1, 0.15) is 6.61 Å². The number of hydrogen-bond donors (Lipinski definition) is 0. The number of ether oxygens (including phenoxy) is 1. The van der Waals surface area contributed by atoms with E-state index in [1.807, 2.05) is 30.3 Å². The number of halogens is 1. The molecule has 80 valence electrons. The lowest BCUT2D eigenvalue weighted by Gasteiger charge is -2.07. The van der Waals surface area contributed by atoms with Crippen LogP contribution in [0.5, 0.6) is 0 Å². The van der Waals surface area contributed by atoms with Crippen molar-refractivity contribution in [3.8, 4) is 0 Å². The highest BCUT2D eigenvalue weighted by Gasteiger charge is 2.20. The van der Waals surface area contributed by atoms with Crippen molar-refractivity contribution in [1.29, 1.82) is 0 Å². The van der Waals surface area contributed by atoms with Crippen LogP contribution in [0.2, 0.25) is 0 Å². The zero-order chi connectivity index (χ0) is 11.3. The van der Waals surface area contributed by atoms with Gasteiger partial charge >= 0.3 is 5.97 Å². The fourth-order valence-electron chi connectivity index (χ4n) is 0.968. The first-order valence-corrected chi connectivity index (χ1v) is 5.38. The molecule has 1 rings (SSSR count). The predicted molar refractivity (Wildman–Crippen MR) is 59.6 cm³/mol. The van der Waals surface area contributed by atoms with Crippen LogP contribution in [0.25, 0.3) is 0 Å². The molecular formula is C11H11BrO3. The first kappa shape index (κ1) is 11.9. The number of ketones is 1. The van der Waals surface area contributed by atoms with Gasteiger partial charge in [0.2, 0.25) is 0 Å². The second-order valence-corrected chi connectivity index (χ2v) is 3.98. The summed E-state index contributed by atoms with van der Waals surface area (Å²) in [7, 11) is 0. The SMILES string of the molecule is CC(=O)[C@H](Br)C(=O)OCc1ccccc1. The van der Waals surface area contributed by atoms with Gasteiger partial charge in [-0.05, 0) is 12.5 Å². The Morgan fingerprint density at radius 2 is 1.93 bits per heavy atom. The lowest BCUT2D eigenvalue weighted by Crippen LogP contribution is -2.23. The maximum Gasteiger partial charge on any atom is 0.327 e. The largest absolute Gasteiger partial charge is 0.460 e. The van der Waals surface area contributed by atoms with E-state index in [1.165, 1.54) is 6.92 Å². The molecule has 0 radical (unpaired) electrons. The number of rotatable bonds is 4. The van der Waals surface area contributed by atoms with Gasteiger partial charge in [0.15, 0.2) is 10.6 Å². The molecule has 0 bridgehead atoms. The fourth-order valence-corrected chi connectivity index (χ4v) is 1.10. The molecule has 3 nitrogen and oxygen atoms in total. The highest BCUT2D eigenvalue weighted by molar-refractivity contribution is 9.10. The molecule has 0 aliphatic carbocycles. The number of carbonyl (C=O) groups is 2. The Balaban J connectivity index is 2.44. The van der Waals surface area contributed by atoms with E-state index in [-0.39, 0.29) is 12.4 Å². The summed E-state index contributed by atoms with van der Waals surface area (Å²) in [6, 6.07) is 9.31. The second-order valence-electron chi connectivity index (χ2n) is 3.07. The van der Waals surface area contributed by atoms with E-state index in [4.69, 9.17) is 4.74 Å². The average Bonchev–Trinajstić information content (AvgIpc) is 2.26. The van der Waals surface area contributed by atoms with E-state index in [9.17, 15) is 9.59 Å². The van der Waals surface area contributed by atoms with Crippen LogP contribution in [0.15, 0.2) is 30.3 Å². The Kier molecular flexibility index (Phi) is 4.49. The lowest BCUT2D eigenvalue weighted by molar-refractivity contribution is -0.145. The maximum absolute atomic E-state index is 11.3. The van der Waals surface area contributed by atoms with Gasteiger partial charge in [0, 0.05) is 0 Å². The maximum atomic E-state index is 11.3. The van der Waals surface area contributed by atoms with Gasteiger partial charge in [-0.15, -0.1) is 0 Å². The minimum Gasteiger partial charge on any atom is -0.460 e. The van der Waals surface area contributed by atoms with Crippen molar-refractivity contribution in [2.24, 2.45) is 0 Å². The quantitative estimate of drug-likeness (QED) is 0.478. The molecule has 0 saturated carbocycles. The lowest BCUT2D eigenvalue weighted by atomic mass is 10.2. The van der Waals surface area contributed by atoms with Crippen LogP contribution >= 0.6 is 15.9 Å². The molecule has 0 aromatic heterocycles. The van der Waals surface area contributed by atoms with Crippen LogP contribution in [0, 0.1) is 0 Å². The third-order valence-electron chi connectivity index (χ3n) is 1.79. The topological polar surface area (TPSA) is 43.4 Å². The summed E-state index contributed by atoms with van der Waals surface area (Å²) in [6.45, 7) is 1.53. The molecule has 4 heteroatoms. The van der Waals surface area contributed by atoms with Crippen LogP contribution < -0.4 is 0 Å². The highest BCUT2D eigenvalue weighted by Crippen LogP contribution is 2.07. The number of carbonyl (C=O) groups excluding carboxylic acids is 2. The van der Waals surface area contributed by atoms with Crippen molar-refractivity contribution < 1.29 is 14.3 Å². The van der Waals surface area contributed by atoms with Gasteiger partial charge in [-0.25, -0.2) is 0 Å². The molecule has 0 spiro atoms. The third kappa shape index (κ3) is 3.83. The molecule has 0 heterocycles. The molecule has 0 aliphatic rings. The van der Waals surface area contributed by atoms with E-state index < -0.39 is 10.8 Å². The molecule has 0 fully saturated rings. The van der Waals surface area contributed by atoms with Gasteiger partial charge in [0.05, 0.1) is 0 Å². The van der Waals surface area contributed by atoms with Gasteiger partial charge in [-0.2, -0.15) is 0 Å². The van der Waals surface area contributed by atoms with Crippen molar-refractivity contribution >= 4 is 27.7 Å². The van der Waals surface area contributed by atoms with Crippen molar-refractivity contribution in [2.45, 2.75) is 18.4 Å². The van der Waals surface area contributed by atoms with Crippen molar-refractivity contribution in [1.82, 2.24) is 0 Å². The number of hydrogen-bond acceptors (Lipinski definition) is 3. The van der Waals surface area contributed by atoms with E-state index in [0.29, 0.717) is 0 Å². The van der Waals surface area contributed by atoms with Gasteiger partial charge in [-0.1, -0.05) is 46.3 Å². The van der Waals surface area contributed by atoms with E-state index >= 15 is 0 Å². The van der Waals surface area contributed by atoms with Crippen molar-refractivity contribution in [3.63, 3.8) is 0 Å². The summed E-state index contributed by atoms with van der Waals surface area (Å²) in [5.41, 5.74) is 0.897. The van der Waals surface area contributed by atoms with E-state index in [0.717, 1.165) is 5.56 Å². The van der Waals surface area contributed by atoms with Gasteiger partial charge in [0.25, 0.3) is 0 Å². The summed E-state index contributed by atoms with van der Waals surface area (Å²) >= 11 is 2.96. The monoisotopic (exact) mass is 270 g/mol. The smallest absolute Gasteiger partial charge is 0.327 e. The number of esters is 1. The first-order chi connectivity index (χ1) is 7.11. The molecule has 0 saturated heterocycles. The zero-order valence-electron chi connectivity index (χ0n) is 8.27. The van der Waals surface area contributed by atoms with Crippen molar-refractivity contribution in [3.05, 3.63) is 35.9 Å². The molecule has 1 aromatic carbocycles. The Morgan fingerprint density at radius 3 is 2.47 bits per heavy atom. The Morgan fingerprint density at radius 1 is 1.33 bits per heavy atom. The molecule has 0 aliphatic heterocycles. The zero-order valence-corrected chi connectivity index (χ0v) is 9.86. The summed E-state index contributed by atoms with van der Waals surface area (Å²) < 4.78 is 4.94. The third-order valence-corrected chi connectivity index (χ3v) is 2.81. The average molecular weight is 271 g/mol. The second kappa shape index (κ2) is 5.66. The van der Waals surface area contributed by atoms with E-state index in [1.54, 1.807) is 0 Å². The van der Waals surface area contributed by atoms with Crippen LogP contribution in [-0.2, 0) is 20.9 Å². The fraction of sp³-hybridized carbons (Fsp3) is 0.273. The number of alkyl halides is 1. The molecular weight excluding hydrogens is 260 g/mol. The molecule has 1 aromatic rings.